The standard InChI is InChI=1S/C19H28N2O5S/c1-16(26-15-17-7-5-6-14-25-17)19(22)20-10-12-21(13-11-20)27(23,24)18-8-3-2-4-9-18/h2-4,8-9,16-17H,5-7,10-15H2,1H3. The van der Waals surface area contributed by atoms with Crippen LogP contribution in [0.1, 0.15) is 26.2 Å². The van der Waals surface area contributed by atoms with Crippen LogP contribution < -0.4 is 0 Å². The van der Waals surface area contributed by atoms with Gasteiger partial charge in [-0.1, -0.05) is 18.2 Å². The lowest BCUT2D eigenvalue weighted by Gasteiger charge is -2.35. The van der Waals surface area contributed by atoms with Gasteiger partial charge >= 0.3 is 0 Å². The monoisotopic (exact) mass is 396 g/mol. The van der Waals surface area contributed by atoms with Gasteiger partial charge in [-0.05, 0) is 38.3 Å². The molecule has 2 aliphatic rings. The Hall–Kier alpha value is -1.48. The number of piperazine rings is 1. The molecule has 2 heterocycles. The number of benzene rings is 1. The van der Waals surface area contributed by atoms with Crippen LogP contribution >= 0.6 is 0 Å². The Labute approximate surface area is 161 Å². The van der Waals surface area contributed by atoms with E-state index in [2.05, 4.69) is 0 Å². The highest BCUT2D eigenvalue weighted by Gasteiger charge is 2.31. The maximum absolute atomic E-state index is 12.7. The third kappa shape index (κ3) is 5.07. The Kier molecular flexibility index (Phi) is 6.86. The van der Waals surface area contributed by atoms with Crippen LogP contribution in [0.5, 0.6) is 0 Å². The van der Waals surface area contributed by atoms with Crippen molar-refractivity contribution >= 4 is 15.9 Å². The highest BCUT2D eigenvalue weighted by atomic mass is 32.2. The van der Waals surface area contributed by atoms with Crippen molar-refractivity contribution in [3.05, 3.63) is 30.3 Å². The molecular formula is C19H28N2O5S. The maximum atomic E-state index is 12.7. The lowest BCUT2D eigenvalue weighted by atomic mass is 10.1. The Morgan fingerprint density at radius 1 is 1.19 bits per heavy atom. The van der Waals surface area contributed by atoms with Crippen molar-refractivity contribution in [3.8, 4) is 0 Å². The summed E-state index contributed by atoms with van der Waals surface area (Å²) in [7, 11) is -3.51. The fraction of sp³-hybridized carbons (Fsp3) is 0.632. The van der Waals surface area contributed by atoms with Crippen LogP contribution in [0, 0.1) is 0 Å². The molecule has 150 valence electrons. The minimum atomic E-state index is -3.51. The predicted molar refractivity (Wildman–Crippen MR) is 101 cm³/mol. The SMILES string of the molecule is CC(OCC1CCCCO1)C(=O)N1CCN(S(=O)(=O)c2ccccc2)CC1. The van der Waals surface area contributed by atoms with Gasteiger partial charge in [-0.3, -0.25) is 4.79 Å². The number of sulfonamides is 1. The number of carbonyl (C=O) groups is 1. The smallest absolute Gasteiger partial charge is 0.251 e. The van der Waals surface area contributed by atoms with Gasteiger partial charge in [-0.2, -0.15) is 4.31 Å². The van der Waals surface area contributed by atoms with Crippen molar-refractivity contribution in [1.82, 2.24) is 9.21 Å². The number of rotatable bonds is 6. The summed E-state index contributed by atoms with van der Waals surface area (Å²) in [5.41, 5.74) is 0. The predicted octanol–water partition coefficient (Wildman–Crippen LogP) is 1.49. The van der Waals surface area contributed by atoms with Crippen molar-refractivity contribution in [3.63, 3.8) is 0 Å². The van der Waals surface area contributed by atoms with Crippen LogP contribution in [0.3, 0.4) is 0 Å². The van der Waals surface area contributed by atoms with E-state index in [4.69, 9.17) is 9.47 Å². The van der Waals surface area contributed by atoms with E-state index in [0.29, 0.717) is 32.8 Å². The molecule has 27 heavy (non-hydrogen) atoms. The number of carbonyl (C=O) groups excluding carboxylic acids is 1. The summed E-state index contributed by atoms with van der Waals surface area (Å²) < 4.78 is 38.1. The summed E-state index contributed by atoms with van der Waals surface area (Å²) in [6.45, 7) is 4.27. The van der Waals surface area contributed by atoms with E-state index < -0.39 is 16.1 Å². The third-order valence-corrected chi connectivity index (χ3v) is 7.00. The van der Waals surface area contributed by atoms with Crippen LogP contribution in [0.4, 0.5) is 0 Å². The van der Waals surface area contributed by atoms with Crippen LogP contribution in [0.2, 0.25) is 0 Å². The maximum Gasteiger partial charge on any atom is 0.251 e. The normalized spacial score (nSPS) is 23.1. The molecule has 0 aliphatic carbocycles. The van der Waals surface area contributed by atoms with Crippen LogP contribution in [0.25, 0.3) is 0 Å². The van der Waals surface area contributed by atoms with E-state index in [-0.39, 0.29) is 16.9 Å². The number of nitrogens with zero attached hydrogens (tertiary/aromatic N) is 2. The van der Waals surface area contributed by atoms with Gasteiger partial charge in [0.1, 0.15) is 6.10 Å². The second kappa shape index (κ2) is 9.14. The zero-order valence-corrected chi connectivity index (χ0v) is 16.6. The second-order valence-electron chi connectivity index (χ2n) is 7.01. The first-order chi connectivity index (χ1) is 13.0. The van der Waals surface area contributed by atoms with E-state index in [1.807, 2.05) is 0 Å². The Bertz CT molecular complexity index is 711. The Morgan fingerprint density at radius 2 is 1.89 bits per heavy atom. The fourth-order valence-electron chi connectivity index (χ4n) is 3.41. The Balaban J connectivity index is 1.48. The second-order valence-corrected chi connectivity index (χ2v) is 8.94. The highest BCUT2D eigenvalue weighted by molar-refractivity contribution is 7.89. The summed E-state index contributed by atoms with van der Waals surface area (Å²) in [6.07, 6.45) is 2.71. The molecule has 1 aromatic carbocycles. The third-order valence-electron chi connectivity index (χ3n) is 5.09. The van der Waals surface area contributed by atoms with E-state index in [0.717, 1.165) is 25.9 Å². The molecule has 0 N–H and O–H groups in total. The highest BCUT2D eigenvalue weighted by Crippen LogP contribution is 2.18. The fourth-order valence-corrected chi connectivity index (χ4v) is 4.85. The molecule has 1 aromatic rings. The van der Waals surface area contributed by atoms with Crippen molar-refractivity contribution in [1.29, 1.82) is 0 Å². The molecule has 8 heteroatoms. The largest absolute Gasteiger partial charge is 0.376 e. The number of amides is 1. The van der Waals surface area contributed by atoms with E-state index in [9.17, 15) is 13.2 Å². The molecule has 7 nitrogen and oxygen atoms in total. The van der Waals surface area contributed by atoms with Crippen molar-refractivity contribution < 1.29 is 22.7 Å². The zero-order chi connectivity index (χ0) is 19.3. The van der Waals surface area contributed by atoms with Gasteiger partial charge in [0.15, 0.2) is 0 Å². The topological polar surface area (TPSA) is 76.2 Å². The molecule has 3 rings (SSSR count). The molecule has 0 spiro atoms. The van der Waals surface area contributed by atoms with Crippen LogP contribution in [-0.2, 0) is 24.3 Å². The van der Waals surface area contributed by atoms with Crippen molar-refractivity contribution in [2.24, 2.45) is 0 Å². The quantitative estimate of drug-likeness (QED) is 0.728. The number of hydrogen-bond donors (Lipinski definition) is 0. The molecule has 2 atom stereocenters. The molecule has 1 amide bonds. The van der Waals surface area contributed by atoms with Gasteiger partial charge in [0.2, 0.25) is 10.0 Å². The van der Waals surface area contributed by atoms with Crippen molar-refractivity contribution in [2.45, 2.75) is 43.3 Å². The molecule has 2 fully saturated rings. The van der Waals surface area contributed by atoms with Gasteiger partial charge in [0.25, 0.3) is 5.91 Å². The van der Waals surface area contributed by atoms with Crippen LogP contribution in [-0.4, -0.2) is 75.1 Å². The molecular weight excluding hydrogens is 368 g/mol. The molecule has 0 radical (unpaired) electrons. The van der Waals surface area contributed by atoms with Gasteiger partial charge in [0, 0.05) is 32.8 Å². The lowest BCUT2D eigenvalue weighted by Crippen LogP contribution is -2.52. The van der Waals surface area contributed by atoms with Crippen molar-refractivity contribution in [2.75, 3.05) is 39.4 Å². The number of ether oxygens (including phenoxy) is 2. The average Bonchev–Trinajstić information content (AvgIpc) is 2.73. The van der Waals surface area contributed by atoms with Gasteiger partial charge in [-0.25, -0.2) is 8.42 Å². The van der Waals surface area contributed by atoms with E-state index in [1.54, 1.807) is 42.2 Å². The molecule has 0 saturated carbocycles. The molecule has 2 saturated heterocycles. The molecule has 0 aromatic heterocycles. The minimum Gasteiger partial charge on any atom is -0.376 e. The average molecular weight is 397 g/mol. The summed E-state index contributed by atoms with van der Waals surface area (Å²) >= 11 is 0. The molecule has 0 bridgehead atoms. The van der Waals surface area contributed by atoms with Gasteiger partial charge in [-0.15, -0.1) is 0 Å². The first-order valence-electron chi connectivity index (χ1n) is 9.55. The van der Waals surface area contributed by atoms with E-state index in [1.165, 1.54) is 4.31 Å². The Morgan fingerprint density at radius 3 is 2.52 bits per heavy atom. The van der Waals surface area contributed by atoms with E-state index >= 15 is 0 Å². The van der Waals surface area contributed by atoms with Gasteiger partial charge in [0.05, 0.1) is 17.6 Å². The lowest BCUT2D eigenvalue weighted by molar-refractivity contribution is -0.147. The summed E-state index contributed by atoms with van der Waals surface area (Å²) in [6, 6.07) is 8.39. The summed E-state index contributed by atoms with van der Waals surface area (Å²) in [5.74, 6) is -0.0948. The number of hydrogen-bond acceptors (Lipinski definition) is 5. The zero-order valence-electron chi connectivity index (χ0n) is 15.7. The summed E-state index contributed by atoms with van der Waals surface area (Å²) in [4.78, 5) is 14.6. The van der Waals surface area contributed by atoms with Crippen LogP contribution in [0.15, 0.2) is 35.2 Å². The first kappa shape index (κ1) is 20.3. The summed E-state index contributed by atoms with van der Waals surface area (Å²) in [5, 5.41) is 0. The first-order valence-corrected chi connectivity index (χ1v) is 11.0. The minimum absolute atomic E-state index is 0.0712. The molecule has 2 unspecified atom stereocenters. The van der Waals surface area contributed by atoms with Gasteiger partial charge < -0.3 is 14.4 Å². The molecule has 2 aliphatic heterocycles.